The molecule has 1 fully saturated rings. The molecule has 1 unspecified atom stereocenters. The van der Waals surface area contributed by atoms with E-state index in [9.17, 15) is 4.39 Å². The third-order valence-electron chi connectivity index (χ3n) is 2.72. The highest BCUT2D eigenvalue weighted by Crippen LogP contribution is 2.19. The molecule has 0 amide bonds. The van der Waals surface area contributed by atoms with Crippen LogP contribution in [0.15, 0.2) is 18.2 Å². The van der Waals surface area contributed by atoms with Crippen LogP contribution < -0.4 is 5.32 Å². The molecule has 88 valence electrons. The number of benzene rings is 1. The number of piperidine rings is 1. The number of halogens is 2. The van der Waals surface area contributed by atoms with E-state index in [0.717, 1.165) is 18.5 Å². The second kappa shape index (κ2) is 5.62. The van der Waals surface area contributed by atoms with E-state index in [1.807, 2.05) is 0 Å². The van der Waals surface area contributed by atoms with Gasteiger partial charge in [-0.1, -0.05) is 17.7 Å². The lowest BCUT2D eigenvalue weighted by Crippen LogP contribution is -2.36. The lowest BCUT2D eigenvalue weighted by Gasteiger charge is -2.23. The fourth-order valence-corrected chi connectivity index (χ4v) is 2.01. The molecule has 1 aliphatic heterocycles. The molecule has 1 N–H and O–H groups in total. The molecule has 4 heteroatoms. The first-order valence-electron chi connectivity index (χ1n) is 5.54. The molecule has 0 spiro atoms. The number of hydrogen-bond donors (Lipinski definition) is 1. The smallest absolute Gasteiger partial charge is 0.124 e. The van der Waals surface area contributed by atoms with Crippen LogP contribution in [-0.4, -0.2) is 12.8 Å². The van der Waals surface area contributed by atoms with Gasteiger partial charge in [-0.25, -0.2) is 4.39 Å². The minimum Gasteiger partial charge on any atom is -0.359 e. The van der Waals surface area contributed by atoms with E-state index in [0.29, 0.717) is 11.6 Å². The Hall–Kier alpha value is -0.640. The summed E-state index contributed by atoms with van der Waals surface area (Å²) in [4.78, 5) is 0. The molecule has 1 aromatic rings. The van der Waals surface area contributed by atoms with Gasteiger partial charge in [-0.05, 0) is 43.5 Å². The molecule has 1 heterocycles. The van der Waals surface area contributed by atoms with Crippen molar-refractivity contribution in [2.24, 2.45) is 0 Å². The summed E-state index contributed by atoms with van der Waals surface area (Å²) in [6, 6.07) is 4.38. The summed E-state index contributed by atoms with van der Waals surface area (Å²) in [6.45, 7) is 1.43. The molecule has 1 saturated heterocycles. The first-order valence-corrected chi connectivity index (χ1v) is 5.92. The summed E-state index contributed by atoms with van der Waals surface area (Å²) in [5.41, 5.74) is 0.829. The van der Waals surface area contributed by atoms with Crippen molar-refractivity contribution in [1.82, 2.24) is 5.32 Å². The van der Waals surface area contributed by atoms with E-state index in [-0.39, 0.29) is 12.0 Å². The van der Waals surface area contributed by atoms with Gasteiger partial charge in [0.15, 0.2) is 0 Å². The van der Waals surface area contributed by atoms with Crippen molar-refractivity contribution in [3.8, 4) is 0 Å². The Morgan fingerprint density at radius 1 is 1.44 bits per heavy atom. The third-order valence-corrected chi connectivity index (χ3v) is 3.07. The van der Waals surface area contributed by atoms with Crippen molar-refractivity contribution in [3.05, 3.63) is 34.6 Å². The zero-order valence-corrected chi connectivity index (χ0v) is 9.77. The van der Waals surface area contributed by atoms with Crippen LogP contribution in [0.5, 0.6) is 0 Å². The first-order chi connectivity index (χ1) is 7.75. The van der Waals surface area contributed by atoms with Gasteiger partial charge in [0, 0.05) is 5.02 Å². The van der Waals surface area contributed by atoms with Crippen molar-refractivity contribution in [1.29, 1.82) is 0 Å². The zero-order chi connectivity index (χ0) is 11.4. The summed E-state index contributed by atoms with van der Waals surface area (Å²) in [7, 11) is 0. The normalized spacial score (nSPS) is 21.0. The van der Waals surface area contributed by atoms with E-state index in [4.69, 9.17) is 16.3 Å². The largest absolute Gasteiger partial charge is 0.359 e. The monoisotopic (exact) mass is 243 g/mol. The summed E-state index contributed by atoms with van der Waals surface area (Å²) in [5, 5.41) is 3.71. The van der Waals surface area contributed by atoms with Crippen molar-refractivity contribution >= 4 is 11.6 Å². The van der Waals surface area contributed by atoms with E-state index in [2.05, 4.69) is 5.32 Å². The Balaban J connectivity index is 1.88. The second-order valence-corrected chi connectivity index (χ2v) is 4.39. The Bertz CT molecular complexity index is 353. The number of ether oxygens (including phenoxy) is 1. The van der Waals surface area contributed by atoms with Gasteiger partial charge in [0.05, 0.1) is 6.61 Å². The molecule has 2 rings (SSSR count). The highest BCUT2D eigenvalue weighted by atomic mass is 35.5. The van der Waals surface area contributed by atoms with Crippen LogP contribution in [0.3, 0.4) is 0 Å². The summed E-state index contributed by atoms with van der Waals surface area (Å²) in [5.74, 6) is -0.315. The molecule has 0 saturated carbocycles. The fourth-order valence-electron chi connectivity index (χ4n) is 1.79. The summed E-state index contributed by atoms with van der Waals surface area (Å²) < 4.78 is 18.5. The van der Waals surface area contributed by atoms with Crippen molar-refractivity contribution in [2.45, 2.75) is 32.1 Å². The maximum Gasteiger partial charge on any atom is 0.124 e. The van der Waals surface area contributed by atoms with Crippen LogP contribution in [0, 0.1) is 5.82 Å². The van der Waals surface area contributed by atoms with Crippen LogP contribution in [0.25, 0.3) is 0 Å². The molecule has 0 radical (unpaired) electrons. The number of nitrogens with one attached hydrogen (secondary N) is 1. The van der Waals surface area contributed by atoms with Crippen LogP contribution in [0.1, 0.15) is 24.8 Å². The molecule has 1 aliphatic rings. The molecule has 1 aromatic carbocycles. The molecule has 16 heavy (non-hydrogen) atoms. The maximum absolute atomic E-state index is 12.8. The quantitative estimate of drug-likeness (QED) is 0.881. The average Bonchev–Trinajstić information content (AvgIpc) is 2.29. The summed E-state index contributed by atoms with van der Waals surface area (Å²) >= 11 is 5.91. The van der Waals surface area contributed by atoms with Gasteiger partial charge in [-0.15, -0.1) is 0 Å². The van der Waals surface area contributed by atoms with Gasteiger partial charge in [-0.2, -0.15) is 0 Å². The SMILES string of the molecule is Fc1ccc(COC2CCCCN2)c(Cl)c1. The number of hydrogen-bond acceptors (Lipinski definition) is 2. The topological polar surface area (TPSA) is 21.3 Å². The predicted octanol–water partition coefficient (Wildman–Crippen LogP) is 3.10. The van der Waals surface area contributed by atoms with Gasteiger partial charge in [-0.3, -0.25) is 5.32 Å². The molecular formula is C12H15ClFNO. The van der Waals surface area contributed by atoms with E-state index in [1.165, 1.54) is 25.0 Å². The van der Waals surface area contributed by atoms with Gasteiger partial charge in [0.2, 0.25) is 0 Å². The van der Waals surface area contributed by atoms with Crippen LogP contribution in [-0.2, 0) is 11.3 Å². The first kappa shape index (κ1) is 11.8. The standard InChI is InChI=1S/C12H15ClFNO/c13-11-7-10(14)5-4-9(11)8-16-12-3-1-2-6-15-12/h4-5,7,12,15H,1-3,6,8H2. The fraction of sp³-hybridized carbons (Fsp3) is 0.500. The minimum atomic E-state index is -0.315. The lowest BCUT2D eigenvalue weighted by molar-refractivity contribution is 0.00125. The Labute approximate surface area is 99.7 Å². The van der Waals surface area contributed by atoms with Crippen LogP contribution in [0.4, 0.5) is 4.39 Å². The Kier molecular flexibility index (Phi) is 4.16. The maximum atomic E-state index is 12.8. The minimum absolute atomic E-state index is 0.106. The number of rotatable bonds is 3. The van der Waals surface area contributed by atoms with Crippen LogP contribution >= 0.6 is 11.6 Å². The molecular weight excluding hydrogens is 229 g/mol. The summed E-state index contributed by atoms with van der Waals surface area (Å²) in [6.07, 6.45) is 3.53. The van der Waals surface area contributed by atoms with Crippen molar-refractivity contribution in [3.63, 3.8) is 0 Å². The van der Waals surface area contributed by atoms with Crippen molar-refractivity contribution in [2.75, 3.05) is 6.54 Å². The third kappa shape index (κ3) is 3.17. The highest BCUT2D eigenvalue weighted by molar-refractivity contribution is 6.31. The van der Waals surface area contributed by atoms with Gasteiger partial charge in [0.1, 0.15) is 12.0 Å². The predicted molar refractivity (Wildman–Crippen MR) is 61.8 cm³/mol. The molecule has 1 atom stereocenters. The molecule has 2 nitrogen and oxygen atoms in total. The molecule has 0 aliphatic carbocycles. The van der Waals surface area contributed by atoms with E-state index < -0.39 is 0 Å². The van der Waals surface area contributed by atoms with E-state index in [1.54, 1.807) is 6.07 Å². The second-order valence-electron chi connectivity index (χ2n) is 3.99. The van der Waals surface area contributed by atoms with Gasteiger partial charge >= 0.3 is 0 Å². The van der Waals surface area contributed by atoms with Crippen molar-refractivity contribution < 1.29 is 9.13 Å². The Morgan fingerprint density at radius 2 is 2.31 bits per heavy atom. The average molecular weight is 244 g/mol. The van der Waals surface area contributed by atoms with Gasteiger partial charge in [0.25, 0.3) is 0 Å². The van der Waals surface area contributed by atoms with Crippen LogP contribution in [0.2, 0.25) is 5.02 Å². The Morgan fingerprint density at radius 3 is 3.00 bits per heavy atom. The molecule has 0 aromatic heterocycles. The van der Waals surface area contributed by atoms with E-state index >= 15 is 0 Å². The molecule has 0 bridgehead atoms. The zero-order valence-electron chi connectivity index (χ0n) is 9.01. The lowest BCUT2D eigenvalue weighted by atomic mass is 10.1. The highest BCUT2D eigenvalue weighted by Gasteiger charge is 2.13. The van der Waals surface area contributed by atoms with Gasteiger partial charge < -0.3 is 4.74 Å².